The summed E-state index contributed by atoms with van der Waals surface area (Å²) in [5, 5.41) is 10.6. The number of fused-ring (bicyclic) bond motifs is 1. The Morgan fingerprint density at radius 3 is 2.32 bits per heavy atom. The van der Waals surface area contributed by atoms with Crippen molar-refractivity contribution in [3.8, 4) is 0 Å². The maximum absolute atomic E-state index is 14.3. The van der Waals surface area contributed by atoms with Gasteiger partial charge in [-0.05, 0) is 98.4 Å². The predicted octanol–water partition coefficient (Wildman–Crippen LogP) is 7.49. The number of amides is 4. The summed E-state index contributed by atoms with van der Waals surface area (Å²) in [5.74, 6) is -3.07. The summed E-state index contributed by atoms with van der Waals surface area (Å²) in [4.78, 5) is 44.9. The van der Waals surface area contributed by atoms with Crippen LogP contribution < -0.4 is 21.7 Å². The minimum atomic E-state index is -1.24. The SMILES string of the molecule is NCCCCN(CC(=O)NCc1ccccc1)C(=O)[C@H](Cc1ccc(F)c(F)c1)NC(=O)Nc1ccc2c(CN3CCCC3)cn(Cc3c(Cl)cccc3Cl)c2c1. The van der Waals surface area contributed by atoms with Crippen LogP contribution in [0.3, 0.4) is 0 Å². The highest BCUT2D eigenvalue weighted by molar-refractivity contribution is 6.36. The highest BCUT2D eigenvalue weighted by Gasteiger charge is 2.28. The van der Waals surface area contributed by atoms with Crippen molar-refractivity contribution in [2.75, 3.05) is 38.0 Å². The fraction of sp³-hybridized carbons (Fsp3) is 0.326. The average Bonchev–Trinajstić information content (AvgIpc) is 3.84. The molecule has 1 aliphatic rings. The number of rotatable bonds is 17. The van der Waals surface area contributed by atoms with Crippen LogP contribution in [0.15, 0.2) is 91.1 Å². The van der Waals surface area contributed by atoms with E-state index in [0.717, 1.165) is 72.2 Å². The summed E-state index contributed by atoms with van der Waals surface area (Å²) in [5.41, 5.74) is 10.1. The summed E-state index contributed by atoms with van der Waals surface area (Å²) in [6.45, 7) is 3.78. The van der Waals surface area contributed by atoms with Gasteiger partial charge in [0.05, 0.1) is 18.6 Å². The van der Waals surface area contributed by atoms with Crippen LogP contribution in [0.2, 0.25) is 10.0 Å². The van der Waals surface area contributed by atoms with Crippen molar-refractivity contribution in [3.05, 3.63) is 135 Å². The largest absolute Gasteiger partial charge is 0.350 e. The second-order valence-electron chi connectivity index (χ2n) is 14.3. The molecule has 10 nitrogen and oxygen atoms in total. The number of anilines is 1. The Hall–Kier alpha value is -5.01. The van der Waals surface area contributed by atoms with Gasteiger partial charge in [0.2, 0.25) is 11.8 Å². The van der Waals surface area contributed by atoms with Crippen molar-refractivity contribution >= 4 is 57.6 Å². The van der Waals surface area contributed by atoms with Crippen LogP contribution in [0, 0.1) is 11.6 Å². The molecule has 4 amide bonds. The molecule has 0 bridgehead atoms. The summed E-state index contributed by atoms with van der Waals surface area (Å²) in [6, 6.07) is 21.7. The molecule has 14 heteroatoms. The number of nitrogens with one attached hydrogen (secondary N) is 3. The van der Waals surface area contributed by atoms with Crippen molar-refractivity contribution in [1.29, 1.82) is 0 Å². The molecule has 5 N–H and O–H groups in total. The van der Waals surface area contributed by atoms with Gasteiger partial charge in [0.1, 0.15) is 6.04 Å². The Morgan fingerprint density at radius 2 is 1.60 bits per heavy atom. The first kappa shape index (κ1) is 41.6. The van der Waals surface area contributed by atoms with E-state index >= 15 is 0 Å². The Bertz CT molecular complexity index is 2160. The molecule has 1 aliphatic heterocycles. The van der Waals surface area contributed by atoms with Gasteiger partial charge in [-0.25, -0.2) is 13.6 Å². The van der Waals surface area contributed by atoms with E-state index in [1.165, 1.54) is 11.0 Å². The van der Waals surface area contributed by atoms with E-state index in [9.17, 15) is 23.2 Å². The molecular formula is C43H47Cl2F2N7O3. The van der Waals surface area contributed by atoms with E-state index in [-0.39, 0.29) is 31.6 Å². The molecule has 6 rings (SSSR count). The lowest BCUT2D eigenvalue weighted by Gasteiger charge is -2.28. The molecule has 1 atom stereocenters. The van der Waals surface area contributed by atoms with Crippen LogP contribution in [-0.4, -0.2) is 71.0 Å². The first-order valence-electron chi connectivity index (χ1n) is 19.2. The number of nitrogens with zero attached hydrogens (tertiary/aromatic N) is 3. The molecule has 0 spiro atoms. The molecule has 2 heterocycles. The molecule has 1 saturated heterocycles. The highest BCUT2D eigenvalue weighted by Crippen LogP contribution is 2.31. The predicted molar refractivity (Wildman–Crippen MR) is 221 cm³/mol. The number of urea groups is 1. The number of nitrogens with two attached hydrogens (primary N) is 1. The van der Waals surface area contributed by atoms with Crippen LogP contribution in [0.25, 0.3) is 10.9 Å². The fourth-order valence-corrected chi connectivity index (χ4v) is 7.64. The zero-order valence-electron chi connectivity index (χ0n) is 31.6. The smallest absolute Gasteiger partial charge is 0.319 e. The number of hydrogen-bond acceptors (Lipinski definition) is 5. The summed E-state index contributed by atoms with van der Waals surface area (Å²) < 4.78 is 30.3. The van der Waals surface area contributed by atoms with Crippen LogP contribution >= 0.6 is 23.2 Å². The highest BCUT2D eigenvalue weighted by atomic mass is 35.5. The van der Waals surface area contributed by atoms with Gasteiger partial charge in [-0.2, -0.15) is 0 Å². The van der Waals surface area contributed by atoms with E-state index in [4.69, 9.17) is 28.9 Å². The molecule has 4 aromatic carbocycles. The molecular weight excluding hydrogens is 771 g/mol. The van der Waals surface area contributed by atoms with Gasteiger partial charge >= 0.3 is 6.03 Å². The van der Waals surface area contributed by atoms with Gasteiger partial charge in [0.25, 0.3) is 0 Å². The summed E-state index contributed by atoms with van der Waals surface area (Å²) in [7, 11) is 0. The number of carbonyl (C=O) groups excluding carboxylic acids is 3. The topological polar surface area (TPSA) is 125 Å². The van der Waals surface area contributed by atoms with Crippen molar-refractivity contribution < 1.29 is 23.2 Å². The normalized spacial score (nSPS) is 13.4. The second kappa shape index (κ2) is 19.9. The number of unbranched alkanes of at least 4 members (excludes halogenated alkanes) is 1. The minimum absolute atomic E-state index is 0.164. The number of hydrogen-bond donors (Lipinski definition) is 4. The second-order valence-corrected chi connectivity index (χ2v) is 15.1. The van der Waals surface area contributed by atoms with Gasteiger partial charge in [-0.1, -0.05) is 71.7 Å². The molecule has 0 aliphatic carbocycles. The van der Waals surface area contributed by atoms with Crippen LogP contribution in [-0.2, 0) is 35.6 Å². The van der Waals surface area contributed by atoms with E-state index in [2.05, 4.69) is 31.6 Å². The Kier molecular flexibility index (Phi) is 14.5. The molecule has 0 unspecified atom stereocenters. The molecule has 1 aromatic heterocycles. The van der Waals surface area contributed by atoms with Crippen molar-refractivity contribution in [3.63, 3.8) is 0 Å². The third-order valence-electron chi connectivity index (χ3n) is 10.1. The lowest BCUT2D eigenvalue weighted by atomic mass is 10.0. The van der Waals surface area contributed by atoms with E-state index in [1.54, 1.807) is 24.3 Å². The van der Waals surface area contributed by atoms with Crippen LogP contribution in [0.1, 0.15) is 47.9 Å². The molecule has 0 saturated carbocycles. The van der Waals surface area contributed by atoms with Gasteiger partial charge < -0.3 is 31.2 Å². The van der Waals surface area contributed by atoms with E-state index in [0.29, 0.717) is 41.7 Å². The Morgan fingerprint density at radius 1 is 0.842 bits per heavy atom. The van der Waals surface area contributed by atoms with E-state index in [1.807, 2.05) is 42.5 Å². The zero-order chi connectivity index (χ0) is 40.3. The van der Waals surface area contributed by atoms with Gasteiger partial charge in [0, 0.05) is 58.9 Å². The molecule has 5 aromatic rings. The standard InChI is InChI=1S/C43H47Cl2F2N7O3/c44-35-11-8-12-36(45)34(35)27-54-26-31(25-52-18-6-7-19-52)33-15-14-32(23-40(33)54)50-43(57)51-39(22-30-13-16-37(46)38(47)21-30)42(56)53(20-5-4-17-48)28-41(55)49-24-29-9-2-1-3-10-29/h1-3,8-16,21,23,26,39H,4-7,17-20,22,24-25,27-28,48H2,(H,49,55)(H2,50,51,57)/t39-/m0/s1. The lowest BCUT2D eigenvalue weighted by Crippen LogP contribution is -2.53. The van der Waals surface area contributed by atoms with Crippen molar-refractivity contribution in [1.82, 2.24) is 25.0 Å². The maximum atomic E-state index is 14.3. The monoisotopic (exact) mass is 817 g/mol. The minimum Gasteiger partial charge on any atom is -0.350 e. The average molecular weight is 819 g/mol. The molecule has 300 valence electrons. The molecule has 0 radical (unpaired) electrons. The van der Waals surface area contributed by atoms with E-state index < -0.39 is 35.5 Å². The van der Waals surface area contributed by atoms with Gasteiger partial charge in [-0.15, -0.1) is 0 Å². The fourth-order valence-electron chi connectivity index (χ4n) is 7.13. The Balaban J connectivity index is 1.24. The number of likely N-dealkylation sites (tertiary alicyclic amines) is 1. The first-order chi connectivity index (χ1) is 27.6. The van der Waals surface area contributed by atoms with Crippen molar-refractivity contribution in [2.24, 2.45) is 5.73 Å². The summed E-state index contributed by atoms with van der Waals surface area (Å²) in [6.07, 6.45) is 5.36. The van der Waals surface area contributed by atoms with Gasteiger partial charge in [-0.3, -0.25) is 14.5 Å². The lowest BCUT2D eigenvalue weighted by molar-refractivity contribution is -0.137. The summed E-state index contributed by atoms with van der Waals surface area (Å²) >= 11 is 13.2. The first-order valence-corrected chi connectivity index (χ1v) is 19.9. The van der Waals surface area contributed by atoms with Crippen molar-refractivity contribution in [2.45, 2.75) is 57.8 Å². The molecule has 57 heavy (non-hydrogen) atoms. The van der Waals surface area contributed by atoms with Crippen LogP contribution in [0.5, 0.6) is 0 Å². The maximum Gasteiger partial charge on any atom is 0.319 e. The number of halogens is 4. The third kappa shape index (κ3) is 11.3. The number of carbonyl (C=O) groups is 3. The molecule has 1 fully saturated rings. The third-order valence-corrected chi connectivity index (χ3v) is 10.8. The van der Waals surface area contributed by atoms with Crippen LogP contribution in [0.4, 0.5) is 19.3 Å². The van der Waals surface area contributed by atoms with Gasteiger partial charge in [0.15, 0.2) is 11.6 Å². The number of aromatic nitrogens is 1. The number of benzene rings is 4. The zero-order valence-corrected chi connectivity index (χ0v) is 33.1. The quantitative estimate of drug-likeness (QED) is 0.0725. The Labute approximate surface area is 341 Å².